The standard InChI is InChI=1S/C17H13F3N4O/c1-16(2,24-10-12(8-21)9-23-24)15(25)7-11-4-5-14(22-3)13(6-11)17(18,19)20/h4-6,9-10H,7H2,1-2H3. The van der Waals surface area contributed by atoms with Crippen molar-refractivity contribution in [2.45, 2.75) is 32.0 Å². The second kappa shape index (κ2) is 6.40. The van der Waals surface area contributed by atoms with E-state index in [9.17, 15) is 18.0 Å². The molecule has 0 unspecified atom stereocenters. The molecule has 2 aromatic rings. The summed E-state index contributed by atoms with van der Waals surface area (Å²) in [6.07, 6.45) is -2.21. The van der Waals surface area contributed by atoms with Gasteiger partial charge in [-0.2, -0.15) is 23.5 Å². The van der Waals surface area contributed by atoms with E-state index >= 15 is 0 Å². The first-order valence-corrected chi connectivity index (χ1v) is 7.15. The van der Waals surface area contributed by atoms with Gasteiger partial charge in [0.15, 0.2) is 11.5 Å². The molecule has 0 saturated heterocycles. The Bertz CT molecular complexity index is 898. The quantitative estimate of drug-likeness (QED) is 0.790. The number of ketones is 1. The highest BCUT2D eigenvalue weighted by Gasteiger charge is 2.35. The lowest BCUT2D eigenvalue weighted by atomic mass is 9.93. The fraction of sp³-hybridized carbons (Fsp3) is 0.294. The van der Waals surface area contributed by atoms with E-state index in [-0.39, 0.29) is 23.3 Å². The first kappa shape index (κ1) is 18.2. The van der Waals surface area contributed by atoms with Gasteiger partial charge >= 0.3 is 6.18 Å². The Hall–Kier alpha value is -3.13. The molecule has 0 amide bonds. The van der Waals surface area contributed by atoms with E-state index in [1.807, 2.05) is 6.07 Å². The molecule has 0 fully saturated rings. The van der Waals surface area contributed by atoms with Gasteiger partial charge < -0.3 is 0 Å². The van der Waals surface area contributed by atoms with Crippen LogP contribution in [0.2, 0.25) is 0 Å². The molecule has 0 bridgehead atoms. The Morgan fingerprint density at radius 3 is 2.60 bits per heavy atom. The van der Waals surface area contributed by atoms with E-state index in [1.54, 1.807) is 13.8 Å². The average molecular weight is 346 g/mol. The van der Waals surface area contributed by atoms with Gasteiger partial charge in [-0.3, -0.25) is 9.48 Å². The third-order valence-electron chi connectivity index (χ3n) is 3.82. The zero-order valence-corrected chi connectivity index (χ0v) is 13.4. The molecule has 8 heteroatoms. The molecule has 0 aliphatic carbocycles. The lowest BCUT2D eigenvalue weighted by Gasteiger charge is -2.24. The topological polar surface area (TPSA) is 63.0 Å². The van der Waals surface area contributed by atoms with Crippen LogP contribution in [0, 0.1) is 17.9 Å². The lowest BCUT2D eigenvalue weighted by molar-refractivity contribution is -0.137. The van der Waals surface area contributed by atoms with E-state index in [0.717, 1.165) is 12.1 Å². The molecule has 1 aromatic heterocycles. The minimum atomic E-state index is -4.67. The zero-order valence-electron chi connectivity index (χ0n) is 13.4. The number of nitrogens with zero attached hydrogens (tertiary/aromatic N) is 4. The van der Waals surface area contributed by atoms with Crippen LogP contribution in [0.15, 0.2) is 30.6 Å². The van der Waals surface area contributed by atoms with Crippen LogP contribution in [-0.2, 0) is 22.9 Å². The van der Waals surface area contributed by atoms with E-state index < -0.39 is 23.0 Å². The molecule has 2 rings (SSSR count). The molecule has 0 spiro atoms. The molecule has 5 nitrogen and oxygen atoms in total. The number of nitriles is 1. The van der Waals surface area contributed by atoms with Crippen LogP contribution in [0.3, 0.4) is 0 Å². The van der Waals surface area contributed by atoms with E-state index in [2.05, 4.69) is 9.94 Å². The summed E-state index contributed by atoms with van der Waals surface area (Å²) in [7, 11) is 0. The molecule has 0 aliphatic rings. The fourth-order valence-electron chi connectivity index (χ4n) is 2.23. The van der Waals surface area contributed by atoms with Crippen molar-refractivity contribution in [3.8, 4) is 6.07 Å². The summed E-state index contributed by atoms with van der Waals surface area (Å²) in [4.78, 5) is 15.4. The number of hydrogen-bond donors (Lipinski definition) is 0. The van der Waals surface area contributed by atoms with Gasteiger partial charge in [-0.05, 0) is 19.4 Å². The number of Topliss-reactive ketones (excluding diaryl/α,β-unsaturated/α-hetero) is 1. The maximum absolute atomic E-state index is 13.0. The van der Waals surface area contributed by atoms with Crippen molar-refractivity contribution in [1.29, 1.82) is 5.26 Å². The Morgan fingerprint density at radius 1 is 1.40 bits per heavy atom. The van der Waals surface area contributed by atoms with Gasteiger partial charge in [0.2, 0.25) is 0 Å². The number of rotatable bonds is 4. The van der Waals surface area contributed by atoms with Gasteiger partial charge in [0.05, 0.1) is 23.9 Å². The number of carbonyl (C=O) groups excluding carboxylic acids is 1. The van der Waals surface area contributed by atoms with Gasteiger partial charge in [-0.1, -0.05) is 18.2 Å². The van der Waals surface area contributed by atoms with E-state index in [0.29, 0.717) is 0 Å². The van der Waals surface area contributed by atoms with Crippen molar-refractivity contribution < 1.29 is 18.0 Å². The average Bonchev–Trinajstić information content (AvgIpc) is 3.03. The predicted octanol–water partition coefficient (Wildman–Crippen LogP) is 3.87. The monoisotopic (exact) mass is 346 g/mol. The molecule has 1 heterocycles. The molecule has 0 saturated carbocycles. The second-order valence-corrected chi connectivity index (χ2v) is 5.91. The summed E-state index contributed by atoms with van der Waals surface area (Å²) >= 11 is 0. The van der Waals surface area contributed by atoms with Gasteiger partial charge in [0.1, 0.15) is 11.6 Å². The number of alkyl halides is 3. The molecule has 25 heavy (non-hydrogen) atoms. The summed E-state index contributed by atoms with van der Waals surface area (Å²) in [5.74, 6) is -0.372. The van der Waals surface area contributed by atoms with Gasteiger partial charge in [-0.15, -0.1) is 0 Å². The van der Waals surface area contributed by atoms with Crippen LogP contribution in [0.4, 0.5) is 18.9 Å². The Labute approximate surface area is 142 Å². The molecular weight excluding hydrogens is 333 g/mol. The molecule has 1 aromatic carbocycles. The minimum Gasteiger partial charge on any atom is -0.297 e. The summed E-state index contributed by atoms with van der Waals surface area (Å²) in [5.41, 5.74) is -2.26. The molecular formula is C17H13F3N4O. The zero-order chi connectivity index (χ0) is 18.8. The Balaban J connectivity index is 2.31. The van der Waals surface area contributed by atoms with Crippen LogP contribution in [0.5, 0.6) is 0 Å². The molecule has 0 atom stereocenters. The largest absolute Gasteiger partial charge is 0.407 e. The predicted molar refractivity (Wildman–Crippen MR) is 82.7 cm³/mol. The fourth-order valence-corrected chi connectivity index (χ4v) is 2.23. The Morgan fingerprint density at radius 2 is 2.08 bits per heavy atom. The van der Waals surface area contributed by atoms with Crippen molar-refractivity contribution >= 4 is 11.5 Å². The van der Waals surface area contributed by atoms with Crippen molar-refractivity contribution in [2.24, 2.45) is 0 Å². The van der Waals surface area contributed by atoms with E-state index in [4.69, 9.17) is 11.8 Å². The van der Waals surface area contributed by atoms with Crippen LogP contribution in [0.25, 0.3) is 4.85 Å². The molecule has 0 radical (unpaired) electrons. The van der Waals surface area contributed by atoms with Crippen molar-refractivity contribution in [3.63, 3.8) is 0 Å². The van der Waals surface area contributed by atoms with E-state index in [1.165, 1.54) is 23.1 Å². The highest BCUT2D eigenvalue weighted by Crippen LogP contribution is 2.37. The van der Waals surface area contributed by atoms with Crippen LogP contribution < -0.4 is 0 Å². The SMILES string of the molecule is [C-]#[N+]c1ccc(CC(=O)C(C)(C)n2cc(C#N)cn2)cc1C(F)(F)F. The number of aromatic nitrogens is 2. The smallest absolute Gasteiger partial charge is 0.297 e. The van der Waals surface area contributed by atoms with Crippen molar-refractivity contribution in [1.82, 2.24) is 9.78 Å². The Kier molecular flexibility index (Phi) is 4.67. The molecule has 0 aliphatic heterocycles. The summed E-state index contributed by atoms with van der Waals surface area (Å²) in [5, 5.41) is 12.8. The van der Waals surface area contributed by atoms with Crippen LogP contribution >= 0.6 is 0 Å². The number of halogens is 3. The minimum absolute atomic E-state index is 0.158. The second-order valence-electron chi connectivity index (χ2n) is 5.91. The maximum Gasteiger partial charge on any atom is 0.407 e. The van der Waals surface area contributed by atoms with Crippen LogP contribution in [-0.4, -0.2) is 15.6 Å². The lowest BCUT2D eigenvalue weighted by Crippen LogP contribution is -2.37. The maximum atomic E-state index is 13.0. The highest BCUT2D eigenvalue weighted by atomic mass is 19.4. The third-order valence-corrected chi connectivity index (χ3v) is 3.82. The number of carbonyl (C=O) groups is 1. The summed E-state index contributed by atoms with van der Waals surface area (Å²) < 4.78 is 40.4. The van der Waals surface area contributed by atoms with Crippen LogP contribution in [0.1, 0.15) is 30.5 Å². The van der Waals surface area contributed by atoms with Crippen molar-refractivity contribution in [3.05, 3.63) is 58.7 Å². The van der Waals surface area contributed by atoms with Gasteiger partial charge in [0, 0.05) is 12.6 Å². The summed E-state index contributed by atoms with van der Waals surface area (Å²) in [6, 6.07) is 5.12. The highest BCUT2D eigenvalue weighted by molar-refractivity contribution is 5.87. The van der Waals surface area contributed by atoms with Gasteiger partial charge in [-0.25, -0.2) is 4.85 Å². The first-order valence-electron chi connectivity index (χ1n) is 7.15. The first-order chi connectivity index (χ1) is 11.6. The molecule has 0 N–H and O–H groups in total. The normalized spacial score (nSPS) is 11.6. The number of hydrogen-bond acceptors (Lipinski definition) is 3. The number of benzene rings is 1. The molecule has 128 valence electrons. The van der Waals surface area contributed by atoms with Gasteiger partial charge in [0.25, 0.3) is 0 Å². The van der Waals surface area contributed by atoms with Crippen molar-refractivity contribution in [2.75, 3.05) is 0 Å². The summed E-state index contributed by atoms with van der Waals surface area (Å²) in [6.45, 7) is 9.97. The third kappa shape index (κ3) is 3.69.